The first kappa shape index (κ1) is 32.3. The smallest absolute Gasteiger partial charge is 0.335 e. The predicted octanol–water partition coefficient (Wildman–Crippen LogP) is 8.43. The number of carbonyl (C=O) groups is 3. The van der Waals surface area contributed by atoms with Gasteiger partial charge >= 0.3 is 6.03 Å². The lowest BCUT2D eigenvalue weighted by molar-refractivity contribution is -0.122. The van der Waals surface area contributed by atoms with Gasteiger partial charge in [-0.1, -0.05) is 91.0 Å². The number of hydrogen-bond donors (Lipinski definition) is 1. The summed E-state index contributed by atoms with van der Waals surface area (Å²) in [5, 5.41) is 2.44. The molecule has 0 saturated carbocycles. The van der Waals surface area contributed by atoms with E-state index in [-0.39, 0.29) is 17.4 Å². The van der Waals surface area contributed by atoms with Crippen LogP contribution in [0.5, 0.6) is 5.75 Å². The van der Waals surface area contributed by atoms with E-state index in [1.807, 2.05) is 36.4 Å². The van der Waals surface area contributed by atoms with Gasteiger partial charge in [-0.05, 0) is 102 Å². The molecule has 51 heavy (non-hydrogen) atoms. The fourth-order valence-electron chi connectivity index (χ4n) is 7.75. The van der Waals surface area contributed by atoms with Crippen LogP contribution in [0.15, 0.2) is 121 Å². The number of nitrogens with one attached hydrogen (secondary N) is 1. The lowest BCUT2D eigenvalue weighted by Crippen LogP contribution is -2.54. The summed E-state index contributed by atoms with van der Waals surface area (Å²) in [7, 11) is 0. The van der Waals surface area contributed by atoms with Gasteiger partial charge in [-0.2, -0.15) is 0 Å². The second kappa shape index (κ2) is 13.4. The largest absolute Gasteiger partial charge is 0.489 e. The molecule has 5 aromatic rings. The molecule has 3 aliphatic rings. The molecular weight excluding hydrogens is 635 g/mol. The fraction of sp³-hybridized carbons (Fsp3) is 0.205. The van der Waals surface area contributed by atoms with Crippen molar-refractivity contribution in [2.24, 2.45) is 0 Å². The second-order valence-corrected chi connectivity index (χ2v) is 13.7. The maximum Gasteiger partial charge on any atom is 0.335 e. The van der Waals surface area contributed by atoms with Gasteiger partial charge in [0.2, 0.25) is 0 Å². The molecule has 0 radical (unpaired) electrons. The molecule has 1 fully saturated rings. The Hall–Kier alpha value is -5.95. The van der Waals surface area contributed by atoms with E-state index in [0.717, 1.165) is 47.5 Å². The van der Waals surface area contributed by atoms with Gasteiger partial charge < -0.3 is 9.64 Å². The van der Waals surface area contributed by atoms with Gasteiger partial charge in [0.15, 0.2) is 0 Å². The number of hydrogen-bond acceptors (Lipinski definition) is 5. The zero-order valence-electron chi connectivity index (χ0n) is 28.8. The van der Waals surface area contributed by atoms with Gasteiger partial charge in [0, 0.05) is 30.6 Å². The molecule has 8 rings (SSSR count). The van der Waals surface area contributed by atoms with Crippen molar-refractivity contribution in [3.05, 3.63) is 165 Å². The molecule has 0 bridgehead atoms. The number of barbiturate groups is 1. The number of carbonyl (C=O) groups excluding carboxylic acids is 3. The third-order valence-corrected chi connectivity index (χ3v) is 10.5. The highest BCUT2D eigenvalue weighted by molar-refractivity contribution is 6.39. The van der Waals surface area contributed by atoms with Crippen molar-refractivity contribution < 1.29 is 19.1 Å². The van der Waals surface area contributed by atoms with Crippen LogP contribution in [0.25, 0.3) is 6.08 Å². The van der Waals surface area contributed by atoms with Crippen molar-refractivity contribution in [1.82, 2.24) is 5.32 Å². The van der Waals surface area contributed by atoms with Crippen LogP contribution in [0.2, 0.25) is 0 Å². The zero-order chi connectivity index (χ0) is 35.1. The number of rotatable bonds is 7. The van der Waals surface area contributed by atoms with Gasteiger partial charge in [0.25, 0.3) is 11.8 Å². The minimum atomic E-state index is -0.750. The van der Waals surface area contributed by atoms with E-state index in [4.69, 9.17) is 4.74 Å². The van der Waals surface area contributed by atoms with E-state index in [9.17, 15) is 14.4 Å². The van der Waals surface area contributed by atoms with Crippen molar-refractivity contribution >= 4 is 35.3 Å². The van der Waals surface area contributed by atoms with Gasteiger partial charge in [-0.25, -0.2) is 9.69 Å². The molecule has 3 heterocycles. The molecule has 2 atom stereocenters. The topological polar surface area (TPSA) is 79.0 Å². The summed E-state index contributed by atoms with van der Waals surface area (Å²) in [6, 6.07) is 37.6. The van der Waals surface area contributed by atoms with Crippen molar-refractivity contribution in [3.63, 3.8) is 0 Å². The standard InChI is InChI=1S/C44H39N3O4/c1-28-13-14-31(23-29(28)2)27-51-35-17-15-30(16-18-35)24-40-42(48)45-44(50)47(43(40)49)34-25-38-36(32-9-5-3-6-10-32)19-21-46-22-20-37(39(26-34)41(38)46)33-11-7-4-8-12-33/h3-18,23-26,36-37H,19-22,27H2,1-2H3,(H,45,48,50)/b40-24+/t36-,37-/m1/s1. The molecule has 0 aromatic heterocycles. The molecule has 0 unspecified atom stereocenters. The van der Waals surface area contributed by atoms with E-state index >= 15 is 0 Å². The molecule has 7 nitrogen and oxygen atoms in total. The number of urea groups is 1. The first-order chi connectivity index (χ1) is 24.8. The van der Waals surface area contributed by atoms with Crippen LogP contribution in [-0.2, 0) is 16.2 Å². The Morgan fingerprint density at radius 2 is 1.33 bits per heavy atom. The number of ether oxygens (including phenoxy) is 1. The summed E-state index contributed by atoms with van der Waals surface area (Å²) in [6.45, 7) is 6.45. The Labute approximate surface area is 298 Å². The van der Waals surface area contributed by atoms with Crippen LogP contribution in [-0.4, -0.2) is 30.9 Å². The Morgan fingerprint density at radius 3 is 1.92 bits per heavy atom. The number of aryl methyl sites for hydroxylation is 2. The zero-order valence-corrected chi connectivity index (χ0v) is 28.8. The van der Waals surface area contributed by atoms with E-state index in [1.54, 1.807) is 12.1 Å². The van der Waals surface area contributed by atoms with E-state index < -0.39 is 17.8 Å². The van der Waals surface area contributed by atoms with Gasteiger partial charge in [0.1, 0.15) is 17.9 Å². The highest BCUT2D eigenvalue weighted by Gasteiger charge is 2.40. The molecule has 254 valence electrons. The second-order valence-electron chi connectivity index (χ2n) is 13.7. The molecule has 7 heteroatoms. The average Bonchev–Trinajstić information content (AvgIpc) is 3.15. The monoisotopic (exact) mass is 673 g/mol. The molecule has 0 spiro atoms. The molecule has 3 aliphatic heterocycles. The molecule has 4 amide bonds. The van der Waals surface area contributed by atoms with E-state index in [0.29, 0.717) is 23.6 Å². The molecular formula is C44H39N3O4. The summed E-state index contributed by atoms with van der Waals surface area (Å²) >= 11 is 0. The minimum absolute atomic E-state index is 0.0982. The third kappa shape index (κ3) is 6.20. The fourth-order valence-corrected chi connectivity index (χ4v) is 7.75. The highest BCUT2D eigenvalue weighted by Crippen LogP contribution is 2.50. The number of anilines is 2. The number of imide groups is 2. The van der Waals surface area contributed by atoms with Crippen LogP contribution < -0.4 is 19.9 Å². The van der Waals surface area contributed by atoms with Crippen LogP contribution in [0, 0.1) is 13.8 Å². The van der Waals surface area contributed by atoms with Crippen LogP contribution in [0.1, 0.15) is 69.2 Å². The lowest BCUT2D eigenvalue weighted by atomic mass is 9.76. The first-order valence-corrected chi connectivity index (χ1v) is 17.6. The van der Waals surface area contributed by atoms with E-state index in [1.165, 1.54) is 34.0 Å². The minimum Gasteiger partial charge on any atom is -0.489 e. The summed E-state index contributed by atoms with van der Waals surface area (Å²) in [6.07, 6.45) is 3.38. The van der Waals surface area contributed by atoms with Gasteiger partial charge in [-0.3, -0.25) is 14.9 Å². The molecule has 0 aliphatic carbocycles. The van der Waals surface area contributed by atoms with Gasteiger partial charge in [-0.15, -0.1) is 0 Å². The van der Waals surface area contributed by atoms with Gasteiger partial charge in [0.05, 0.1) is 5.69 Å². The highest BCUT2D eigenvalue weighted by atomic mass is 16.5. The third-order valence-electron chi connectivity index (χ3n) is 10.5. The van der Waals surface area contributed by atoms with Crippen LogP contribution in [0.4, 0.5) is 16.2 Å². The summed E-state index contributed by atoms with van der Waals surface area (Å²) in [5.41, 5.74) is 10.3. The van der Waals surface area contributed by atoms with Crippen molar-refractivity contribution in [1.29, 1.82) is 0 Å². The molecule has 1 saturated heterocycles. The Bertz CT molecular complexity index is 2100. The summed E-state index contributed by atoms with van der Waals surface area (Å²) in [4.78, 5) is 44.5. The number of benzene rings is 5. The maximum atomic E-state index is 14.2. The average molecular weight is 674 g/mol. The Kier molecular flexibility index (Phi) is 8.48. The van der Waals surface area contributed by atoms with Crippen molar-refractivity contribution in [3.8, 4) is 5.75 Å². The van der Waals surface area contributed by atoms with Crippen LogP contribution >= 0.6 is 0 Å². The summed E-state index contributed by atoms with van der Waals surface area (Å²) < 4.78 is 6.00. The van der Waals surface area contributed by atoms with Crippen molar-refractivity contribution in [2.45, 2.75) is 45.1 Å². The molecule has 5 aromatic carbocycles. The summed E-state index contributed by atoms with van der Waals surface area (Å²) in [5.74, 6) is -0.500. The normalized spacial score (nSPS) is 19.2. The van der Waals surface area contributed by atoms with Crippen molar-refractivity contribution in [2.75, 3.05) is 22.9 Å². The quantitative estimate of drug-likeness (QED) is 0.139. The Balaban J connectivity index is 1.14. The van der Waals surface area contributed by atoms with Crippen LogP contribution in [0.3, 0.4) is 0 Å². The van der Waals surface area contributed by atoms with E-state index in [2.05, 4.69) is 90.8 Å². The maximum absolute atomic E-state index is 14.2. The Morgan fingerprint density at radius 1 is 0.725 bits per heavy atom. The first-order valence-electron chi connectivity index (χ1n) is 17.6. The number of amides is 4. The predicted molar refractivity (Wildman–Crippen MR) is 200 cm³/mol. The lowest BCUT2D eigenvalue weighted by Gasteiger charge is -2.44. The SMILES string of the molecule is Cc1ccc(COc2ccc(/C=C3\C(=O)NC(=O)N(c4cc5c6c(c4)[C@@H](c4ccccc4)CCN6CC[C@@H]5c4ccccc4)C3=O)cc2)cc1C. The molecule has 1 N–H and O–H groups in total. The number of nitrogens with zero attached hydrogens (tertiary/aromatic N) is 2.